The van der Waals surface area contributed by atoms with Crippen LogP contribution in [0.2, 0.25) is 5.02 Å². The molecule has 2 heterocycles. The van der Waals surface area contributed by atoms with Crippen molar-refractivity contribution in [3.05, 3.63) is 75.6 Å². The van der Waals surface area contributed by atoms with Crippen LogP contribution < -0.4 is 10.1 Å². The fourth-order valence-electron chi connectivity index (χ4n) is 3.59. The molecule has 6 nitrogen and oxygen atoms in total. The summed E-state index contributed by atoms with van der Waals surface area (Å²) in [6.45, 7) is 4.19. The van der Waals surface area contributed by atoms with Crippen molar-refractivity contribution in [3.63, 3.8) is 0 Å². The number of benzene rings is 2. The van der Waals surface area contributed by atoms with Gasteiger partial charge in [-0.15, -0.1) is 11.3 Å². The summed E-state index contributed by atoms with van der Waals surface area (Å²) in [5, 5.41) is 6.02. The first-order valence-corrected chi connectivity index (χ1v) is 11.8. The lowest BCUT2D eigenvalue weighted by molar-refractivity contribution is -0.111. The number of furan rings is 1. The molecule has 4 aromatic rings. The van der Waals surface area contributed by atoms with Crippen LogP contribution in [0.4, 0.5) is 5.69 Å². The van der Waals surface area contributed by atoms with Gasteiger partial charge >= 0.3 is 5.97 Å². The van der Waals surface area contributed by atoms with Crippen molar-refractivity contribution in [1.29, 1.82) is 0 Å². The first-order valence-electron chi connectivity index (χ1n) is 10.5. The molecule has 0 saturated carbocycles. The number of allylic oxidation sites excluding steroid dienone is 1. The maximum Gasteiger partial charge on any atom is 0.350 e. The van der Waals surface area contributed by atoms with Gasteiger partial charge in [-0.1, -0.05) is 23.7 Å². The minimum Gasteiger partial charge on any atom is -0.493 e. The van der Waals surface area contributed by atoms with Crippen molar-refractivity contribution in [2.45, 2.75) is 13.8 Å². The molecule has 1 amide bonds. The van der Waals surface area contributed by atoms with Crippen LogP contribution in [0.3, 0.4) is 0 Å². The molecule has 0 atom stereocenters. The predicted molar refractivity (Wildman–Crippen MR) is 136 cm³/mol. The highest BCUT2D eigenvalue weighted by atomic mass is 35.5. The molecular formula is C26H22ClNO5S. The van der Waals surface area contributed by atoms with Gasteiger partial charge in [0.25, 0.3) is 0 Å². The van der Waals surface area contributed by atoms with E-state index in [9.17, 15) is 9.59 Å². The molecule has 0 spiro atoms. The Balaban J connectivity index is 1.70. The molecule has 4 rings (SSSR count). The molecule has 34 heavy (non-hydrogen) atoms. The van der Waals surface area contributed by atoms with E-state index in [0.29, 0.717) is 39.1 Å². The third kappa shape index (κ3) is 4.85. The summed E-state index contributed by atoms with van der Waals surface area (Å²) in [6.07, 6.45) is 3.18. The van der Waals surface area contributed by atoms with E-state index in [1.165, 1.54) is 24.5 Å². The largest absolute Gasteiger partial charge is 0.493 e. The van der Waals surface area contributed by atoms with E-state index in [4.69, 9.17) is 25.5 Å². The van der Waals surface area contributed by atoms with Crippen LogP contribution in [-0.2, 0) is 9.53 Å². The highest BCUT2D eigenvalue weighted by molar-refractivity contribution is 7.12. The molecule has 0 fully saturated rings. The Labute approximate surface area is 205 Å². The Morgan fingerprint density at radius 1 is 1.18 bits per heavy atom. The van der Waals surface area contributed by atoms with E-state index in [1.54, 1.807) is 17.7 Å². The number of rotatable bonds is 7. The van der Waals surface area contributed by atoms with Gasteiger partial charge in [-0.25, -0.2) is 4.79 Å². The van der Waals surface area contributed by atoms with Crippen LogP contribution >= 0.6 is 22.9 Å². The number of methoxy groups -OCH3 is 1. The number of esters is 1. The summed E-state index contributed by atoms with van der Waals surface area (Å²) >= 11 is 7.24. The van der Waals surface area contributed by atoms with Crippen molar-refractivity contribution >= 4 is 57.0 Å². The number of halogens is 1. The first-order chi connectivity index (χ1) is 16.4. The van der Waals surface area contributed by atoms with Crippen molar-refractivity contribution in [3.8, 4) is 16.9 Å². The van der Waals surface area contributed by atoms with Gasteiger partial charge < -0.3 is 19.2 Å². The van der Waals surface area contributed by atoms with Gasteiger partial charge in [-0.05, 0) is 54.6 Å². The normalized spacial score (nSPS) is 11.5. The van der Waals surface area contributed by atoms with Crippen LogP contribution in [0.1, 0.15) is 29.1 Å². The Morgan fingerprint density at radius 3 is 2.65 bits per heavy atom. The Bertz CT molecular complexity index is 1380. The number of thiophene rings is 1. The zero-order valence-corrected chi connectivity index (χ0v) is 20.4. The summed E-state index contributed by atoms with van der Waals surface area (Å²) in [5.74, 6) is -0.252. The lowest BCUT2D eigenvalue weighted by Gasteiger charge is -2.12. The highest BCUT2D eigenvalue weighted by Gasteiger charge is 2.17. The van der Waals surface area contributed by atoms with E-state index < -0.39 is 5.97 Å². The van der Waals surface area contributed by atoms with Crippen LogP contribution in [-0.4, -0.2) is 25.6 Å². The topological polar surface area (TPSA) is 77.8 Å². The maximum atomic E-state index is 12.8. The van der Waals surface area contributed by atoms with Crippen molar-refractivity contribution in [2.75, 3.05) is 19.0 Å². The molecule has 174 valence electrons. The number of amides is 1. The van der Waals surface area contributed by atoms with Gasteiger partial charge in [0, 0.05) is 33.7 Å². The minimum absolute atomic E-state index is 0.337. The minimum atomic E-state index is -0.496. The van der Waals surface area contributed by atoms with Crippen LogP contribution in [0.25, 0.3) is 27.7 Å². The van der Waals surface area contributed by atoms with Crippen LogP contribution in [0.5, 0.6) is 5.75 Å². The van der Waals surface area contributed by atoms with Gasteiger partial charge in [0.2, 0.25) is 5.91 Å². The number of hydrogen-bond donors (Lipinski definition) is 1. The number of anilines is 1. The molecule has 0 saturated heterocycles. The molecule has 0 unspecified atom stereocenters. The molecule has 0 aliphatic heterocycles. The second kappa shape index (κ2) is 10.2. The number of ether oxygens (including phenoxy) is 2. The lowest BCUT2D eigenvalue weighted by Crippen LogP contribution is -2.11. The third-order valence-corrected chi connectivity index (χ3v) is 6.34. The van der Waals surface area contributed by atoms with E-state index in [0.717, 1.165) is 22.1 Å². The molecule has 8 heteroatoms. The Hall–Kier alpha value is -3.55. The maximum absolute atomic E-state index is 12.8. The summed E-state index contributed by atoms with van der Waals surface area (Å²) in [6, 6.07) is 13.0. The number of carbonyl (C=O) groups is 2. The first kappa shape index (κ1) is 23.6. The smallest absolute Gasteiger partial charge is 0.350 e. The predicted octanol–water partition coefficient (Wildman–Crippen LogP) is 7.04. The molecule has 0 bridgehead atoms. The molecule has 1 N–H and O–H groups in total. The fourth-order valence-corrected chi connectivity index (χ4v) is 4.48. The fraction of sp³-hybridized carbons (Fsp3) is 0.154. The van der Waals surface area contributed by atoms with Gasteiger partial charge in [0.1, 0.15) is 16.2 Å². The van der Waals surface area contributed by atoms with Crippen molar-refractivity contribution < 1.29 is 23.5 Å². The van der Waals surface area contributed by atoms with Crippen LogP contribution in [0.15, 0.2) is 64.6 Å². The van der Waals surface area contributed by atoms with E-state index in [2.05, 4.69) is 5.32 Å². The second-order valence-corrected chi connectivity index (χ2v) is 8.76. The molecule has 0 aliphatic carbocycles. The summed E-state index contributed by atoms with van der Waals surface area (Å²) in [7, 11) is 1.30. The van der Waals surface area contributed by atoms with E-state index >= 15 is 0 Å². The number of carbonyl (C=O) groups excluding carboxylic acids is 2. The van der Waals surface area contributed by atoms with E-state index in [-0.39, 0.29) is 5.91 Å². The lowest BCUT2D eigenvalue weighted by atomic mass is 9.99. The molecule has 2 aromatic carbocycles. The van der Waals surface area contributed by atoms with Crippen molar-refractivity contribution in [2.24, 2.45) is 0 Å². The van der Waals surface area contributed by atoms with E-state index in [1.807, 2.05) is 50.2 Å². The zero-order chi connectivity index (χ0) is 24.2. The van der Waals surface area contributed by atoms with Gasteiger partial charge in [0.05, 0.1) is 25.7 Å². The molecule has 0 radical (unpaired) electrons. The molecule has 0 aliphatic rings. The van der Waals surface area contributed by atoms with Gasteiger partial charge in [-0.2, -0.15) is 0 Å². The SMILES string of the molecule is CCOc1cc2occ(-c3ccc(Cl)cc3)c2cc1/C(C)=C/C(=O)Nc1ccsc1C(=O)OC. The zero-order valence-electron chi connectivity index (χ0n) is 18.8. The monoisotopic (exact) mass is 495 g/mol. The Kier molecular flexibility index (Phi) is 7.05. The molecular weight excluding hydrogens is 474 g/mol. The van der Waals surface area contributed by atoms with Crippen LogP contribution in [0, 0.1) is 0 Å². The summed E-state index contributed by atoms with van der Waals surface area (Å²) < 4.78 is 16.4. The van der Waals surface area contributed by atoms with Crippen molar-refractivity contribution in [1.82, 2.24) is 0 Å². The molecule has 2 aromatic heterocycles. The quantitative estimate of drug-likeness (QED) is 0.220. The average Bonchev–Trinajstić information content (AvgIpc) is 3.45. The second-order valence-electron chi connectivity index (χ2n) is 7.41. The number of nitrogens with one attached hydrogen (secondary N) is 1. The standard InChI is InChI=1S/C26H22ClNO5S/c1-4-32-22-13-23-19(20(14-33-23)16-5-7-17(27)8-6-16)12-18(22)15(2)11-24(29)28-21-9-10-34-25(21)26(30)31-3/h5-14H,4H2,1-3H3,(H,28,29)/b15-11+. The van der Waals surface area contributed by atoms with Gasteiger partial charge in [0.15, 0.2) is 0 Å². The van der Waals surface area contributed by atoms with Gasteiger partial charge in [-0.3, -0.25) is 4.79 Å². The summed E-state index contributed by atoms with van der Waals surface area (Å²) in [4.78, 5) is 25.0. The number of fused-ring (bicyclic) bond motifs is 1. The summed E-state index contributed by atoms with van der Waals surface area (Å²) in [5.41, 5.74) is 4.42. The Morgan fingerprint density at radius 2 is 1.94 bits per heavy atom. The third-order valence-electron chi connectivity index (χ3n) is 5.20. The number of hydrogen-bond acceptors (Lipinski definition) is 6. The average molecular weight is 496 g/mol. The highest BCUT2D eigenvalue weighted by Crippen LogP contribution is 2.38.